The highest BCUT2D eigenvalue weighted by Gasteiger charge is 2.23. The summed E-state index contributed by atoms with van der Waals surface area (Å²) >= 11 is 6.87. The van der Waals surface area contributed by atoms with Crippen LogP contribution in [-0.4, -0.2) is 24.4 Å². The van der Waals surface area contributed by atoms with Gasteiger partial charge in [-0.2, -0.15) is 0 Å². The second-order valence-electron chi connectivity index (χ2n) is 2.91. The van der Waals surface area contributed by atoms with Crippen molar-refractivity contribution >= 4 is 34.8 Å². The average Bonchev–Trinajstić information content (AvgIpc) is 2.78. The van der Waals surface area contributed by atoms with Gasteiger partial charge >= 0.3 is 6.09 Å². The van der Waals surface area contributed by atoms with Crippen LogP contribution in [0.25, 0.3) is 0 Å². The maximum Gasteiger partial charge on any atom is 0.408 e. The molecule has 4 nitrogen and oxygen atoms in total. The fraction of sp³-hybridized carbons (Fsp3) is 0.400. The highest BCUT2D eigenvalue weighted by molar-refractivity contribution is 7.10. The predicted molar refractivity (Wildman–Crippen MR) is 62.9 cm³/mol. The van der Waals surface area contributed by atoms with Crippen molar-refractivity contribution in [2.75, 3.05) is 12.5 Å². The van der Waals surface area contributed by atoms with Crippen LogP contribution in [0.3, 0.4) is 0 Å². The van der Waals surface area contributed by atoms with Crippen LogP contribution in [0.1, 0.15) is 17.8 Å². The molecule has 1 rings (SSSR count). The normalized spacial score (nSPS) is 11.9. The molecule has 0 saturated carbocycles. The van der Waals surface area contributed by atoms with E-state index in [1.54, 1.807) is 19.1 Å². The van der Waals surface area contributed by atoms with Crippen molar-refractivity contribution in [2.24, 2.45) is 0 Å². The highest BCUT2D eigenvalue weighted by atomic mass is 35.5. The molecule has 1 N–H and O–H groups in total. The topological polar surface area (TPSA) is 55.4 Å². The number of amides is 1. The van der Waals surface area contributed by atoms with E-state index >= 15 is 0 Å². The first-order valence-electron chi connectivity index (χ1n) is 4.74. The van der Waals surface area contributed by atoms with Gasteiger partial charge < -0.3 is 10.1 Å². The smallest absolute Gasteiger partial charge is 0.408 e. The Morgan fingerprint density at radius 1 is 1.62 bits per heavy atom. The monoisotopic (exact) mass is 261 g/mol. The van der Waals surface area contributed by atoms with Gasteiger partial charge in [0.2, 0.25) is 0 Å². The van der Waals surface area contributed by atoms with Gasteiger partial charge in [0.1, 0.15) is 6.04 Å². The lowest BCUT2D eigenvalue weighted by molar-refractivity contribution is -0.118. The first-order chi connectivity index (χ1) is 7.69. The summed E-state index contributed by atoms with van der Waals surface area (Å²) in [4.78, 5) is 23.5. The molecule has 0 aliphatic rings. The SMILES string of the molecule is CCOC(=O)NC(C(=O)CCl)c1cccs1. The Labute approximate surface area is 103 Å². The van der Waals surface area contributed by atoms with E-state index in [9.17, 15) is 9.59 Å². The molecule has 0 aliphatic heterocycles. The third-order valence-electron chi connectivity index (χ3n) is 1.82. The second kappa shape index (κ2) is 6.50. The van der Waals surface area contributed by atoms with E-state index in [1.165, 1.54) is 11.3 Å². The minimum Gasteiger partial charge on any atom is -0.450 e. The first-order valence-corrected chi connectivity index (χ1v) is 6.15. The van der Waals surface area contributed by atoms with Gasteiger partial charge in [-0.1, -0.05) is 6.07 Å². The number of Topliss-reactive ketones (excluding diaryl/α,β-unsaturated/α-hetero) is 1. The quantitative estimate of drug-likeness (QED) is 0.828. The van der Waals surface area contributed by atoms with Crippen molar-refractivity contribution < 1.29 is 14.3 Å². The number of carbonyl (C=O) groups is 2. The number of carbonyl (C=O) groups excluding carboxylic acids is 2. The Balaban J connectivity index is 2.73. The van der Waals surface area contributed by atoms with Crippen molar-refractivity contribution in [2.45, 2.75) is 13.0 Å². The van der Waals surface area contributed by atoms with Crippen LogP contribution >= 0.6 is 22.9 Å². The molecule has 0 aliphatic carbocycles. The molecule has 88 valence electrons. The van der Waals surface area contributed by atoms with Crippen molar-refractivity contribution in [1.29, 1.82) is 0 Å². The lowest BCUT2D eigenvalue weighted by atomic mass is 10.2. The van der Waals surface area contributed by atoms with Gasteiger partial charge in [0.15, 0.2) is 5.78 Å². The van der Waals surface area contributed by atoms with Crippen LogP contribution < -0.4 is 5.32 Å². The second-order valence-corrected chi connectivity index (χ2v) is 4.16. The molecule has 16 heavy (non-hydrogen) atoms. The number of nitrogens with one attached hydrogen (secondary N) is 1. The van der Waals surface area contributed by atoms with E-state index in [0.717, 1.165) is 4.88 Å². The summed E-state index contributed by atoms with van der Waals surface area (Å²) in [5.74, 6) is -0.396. The molecular weight excluding hydrogens is 250 g/mol. The Morgan fingerprint density at radius 2 is 2.38 bits per heavy atom. The number of ketones is 1. The molecule has 1 atom stereocenters. The fourth-order valence-corrected chi connectivity index (χ4v) is 2.09. The summed E-state index contributed by atoms with van der Waals surface area (Å²) < 4.78 is 4.72. The third kappa shape index (κ3) is 3.50. The predicted octanol–water partition coefficient (Wildman–Crippen LogP) is 2.34. The summed E-state index contributed by atoms with van der Waals surface area (Å²) in [7, 11) is 0. The number of hydrogen-bond acceptors (Lipinski definition) is 4. The number of ether oxygens (including phenoxy) is 1. The lowest BCUT2D eigenvalue weighted by Gasteiger charge is -2.14. The van der Waals surface area contributed by atoms with E-state index in [4.69, 9.17) is 16.3 Å². The molecule has 6 heteroatoms. The van der Waals surface area contributed by atoms with Gasteiger partial charge in [-0.05, 0) is 18.4 Å². The minimum atomic E-state index is -0.712. The Morgan fingerprint density at radius 3 is 2.88 bits per heavy atom. The van der Waals surface area contributed by atoms with Crippen molar-refractivity contribution in [3.05, 3.63) is 22.4 Å². The van der Waals surface area contributed by atoms with Gasteiger partial charge in [0, 0.05) is 4.88 Å². The van der Waals surface area contributed by atoms with E-state index in [1.807, 2.05) is 5.38 Å². The van der Waals surface area contributed by atoms with Crippen LogP contribution in [0.5, 0.6) is 0 Å². The van der Waals surface area contributed by atoms with Crippen LogP contribution in [0, 0.1) is 0 Å². The molecule has 0 aromatic carbocycles. The van der Waals surface area contributed by atoms with Crippen LogP contribution in [0.2, 0.25) is 0 Å². The number of thiophene rings is 1. The van der Waals surface area contributed by atoms with Crippen molar-refractivity contribution in [3.63, 3.8) is 0 Å². The molecule has 1 aromatic rings. The summed E-state index contributed by atoms with van der Waals surface area (Å²) in [6.07, 6.45) is -0.612. The number of halogens is 1. The number of rotatable bonds is 5. The molecule has 1 amide bonds. The van der Waals surface area contributed by atoms with Crippen LogP contribution in [-0.2, 0) is 9.53 Å². The zero-order valence-corrected chi connectivity index (χ0v) is 10.3. The lowest BCUT2D eigenvalue weighted by Crippen LogP contribution is -2.34. The molecule has 0 bridgehead atoms. The van der Waals surface area contributed by atoms with Crippen LogP contribution in [0.4, 0.5) is 4.79 Å². The average molecular weight is 262 g/mol. The van der Waals surface area contributed by atoms with Crippen molar-refractivity contribution in [3.8, 4) is 0 Å². The van der Waals surface area contributed by atoms with E-state index in [0.29, 0.717) is 0 Å². The molecular formula is C10H12ClNO3S. The molecule has 0 radical (unpaired) electrons. The van der Waals surface area contributed by atoms with Gasteiger partial charge in [-0.3, -0.25) is 4.79 Å². The summed E-state index contributed by atoms with van der Waals surface area (Å²) in [6.45, 7) is 1.96. The van der Waals surface area contributed by atoms with Gasteiger partial charge in [-0.15, -0.1) is 22.9 Å². The molecule has 0 saturated heterocycles. The Hall–Kier alpha value is -1.07. The van der Waals surface area contributed by atoms with E-state index < -0.39 is 12.1 Å². The molecule has 1 heterocycles. The highest BCUT2D eigenvalue weighted by Crippen LogP contribution is 2.20. The largest absolute Gasteiger partial charge is 0.450 e. The zero-order valence-electron chi connectivity index (χ0n) is 8.73. The fourth-order valence-electron chi connectivity index (χ4n) is 1.13. The standard InChI is InChI=1S/C10H12ClNO3S/c1-2-15-10(14)12-9(7(13)6-11)8-4-3-5-16-8/h3-5,9H,2,6H2,1H3,(H,12,14). The molecule has 0 spiro atoms. The maximum absolute atomic E-state index is 11.6. The Bertz CT molecular complexity index is 353. The van der Waals surface area contributed by atoms with Gasteiger partial charge in [0.05, 0.1) is 12.5 Å². The van der Waals surface area contributed by atoms with Gasteiger partial charge in [0.25, 0.3) is 0 Å². The van der Waals surface area contributed by atoms with E-state index in [-0.39, 0.29) is 18.3 Å². The summed E-state index contributed by atoms with van der Waals surface area (Å²) in [5.41, 5.74) is 0. The maximum atomic E-state index is 11.6. The molecule has 1 unspecified atom stereocenters. The van der Waals surface area contributed by atoms with Crippen LogP contribution in [0.15, 0.2) is 17.5 Å². The number of alkyl carbamates (subject to hydrolysis) is 1. The first kappa shape index (κ1) is 13.0. The molecule has 1 aromatic heterocycles. The summed E-state index contributed by atoms with van der Waals surface area (Å²) in [5, 5.41) is 4.32. The zero-order chi connectivity index (χ0) is 12.0. The number of alkyl halides is 1. The Kier molecular flexibility index (Phi) is 5.28. The van der Waals surface area contributed by atoms with E-state index in [2.05, 4.69) is 5.32 Å². The van der Waals surface area contributed by atoms with Crippen molar-refractivity contribution in [1.82, 2.24) is 5.32 Å². The number of hydrogen-bond donors (Lipinski definition) is 1. The minimum absolute atomic E-state index is 0.144. The third-order valence-corrected chi connectivity index (χ3v) is 3.02. The van der Waals surface area contributed by atoms with Gasteiger partial charge in [-0.25, -0.2) is 4.79 Å². The molecule has 0 fully saturated rings. The summed E-state index contributed by atoms with van der Waals surface area (Å²) in [6, 6.07) is 2.87.